The molecular formula is C19H30F3N5O. The molecule has 1 aromatic rings. The smallest absolute Gasteiger partial charge is 0.401 e. The number of alkyl halides is 3. The Kier molecular flexibility index (Phi) is 7.23. The average molecular weight is 401 g/mol. The van der Waals surface area contributed by atoms with Gasteiger partial charge in [-0.3, -0.25) is 14.8 Å². The lowest BCUT2D eigenvalue weighted by atomic mass is 10.1. The van der Waals surface area contributed by atoms with Crippen LogP contribution < -0.4 is 10.6 Å². The molecule has 3 heterocycles. The van der Waals surface area contributed by atoms with Crippen molar-refractivity contribution in [3.63, 3.8) is 0 Å². The second kappa shape index (κ2) is 9.65. The molecule has 0 bridgehead atoms. The number of halogens is 3. The van der Waals surface area contributed by atoms with Crippen LogP contribution in [0.25, 0.3) is 0 Å². The summed E-state index contributed by atoms with van der Waals surface area (Å²) < 4.78 is 43.2. The van der Waals surface area contributed by atoms with Crippen molar-refractivity contribution in [2.75, 3.05) is 52.9 Å². The van der Waals surface area contributed by atoms with Crippen molar-refractivity contribution in [2.24, 2.45) is 10.9 Å². The summed E-state index contributed by atoms with van der Waals surface area (Å²) in [5, 5.41) is 6.62. The summed E-state index contributed by atoms with van der Waals surface area (Å²) >= 11 is 0. The largest absolute Gasteiger partial charge is 0.468 e. The van der Waals surface area contributed by atoms with Gasteiger partial charge in [-0.2, -0.15) is 13.2 Å². The maximum absolute atomic E-state index is 12.5. The molecule has 28 heavy (non-hydrogen) atoms. The summed E-state index contributed by atoms with van der Waals surface area (Å²) in [7, 11) is 1.71. The van der Waals surface area contributed by atoms with Gasteiger partial charge in [0.25, 0.3) is 0 Å². The molecule has 2 unspecified atom stereocenters. The summed E-state index contributed by atoms with van der Waals surface area (Å²) in [5.74, 6) is 1.80. The van der Waals surface area contributed by atoms with Crippen LogP contribution in [0.4, 0.5) is 13.2 Å². The third kappa shape index (κ3) is 6.13. The van der Waals surface area contributed by atoms with Crippen LogP contribution in [0.3, 0.4) is 0 Å². The van der Waals surface area contributed by atoms with E-state index in [1.807, 2.05) is 12.1 Å². The van der Waals surface area contributed by atoms with Gasteiger partial charge in [-0.25, -0.2) is 0 Å². The maximum Gasteiger partial charge on any atom is 0.401 e. The molecule has 2 fully saturated rings. The minimum Gasteiger partial charge on any atom is -0.468 e. The van der Waals surface area contributed by atoms with Gasteiger partial charge in [0, 0.05) is 26.7 Å². The molecule has 0 aromatic carbocycles. The summed E-state index contributed by atoms with van der Waals surface area (Å²) in [6.07, 6.45) is 0.720. The van der Waals surface area contributed by atoms with Crippen LogP contribution in [0.1, 0.15) is 31.1 Å². The van der Waals surface area contributed by atoms with Crippen LogP contribution in [0.2, 0.25) is 0 Å². The summed E-state index contributed by atoms with van der Waals surface area (Å²) in [4.78, 5) is 8.14. The Morgan fingerprint density at radius 3 is 2.71 bits per heavy atom. The van der Waals surface area contributed by atoms with Gasteiger partial charge in [0.05, 0.1) is 18.8 Å². The number of likely N-dealkylation sites (tertiary alicyclic amines) is 2. The molecule has 158 valence electrons. The number of furan rings is 1. The molecular weight excluding hydrogens is 371 g/mol. The highest BCUT2D eigenvalue weighted by Crippen LogP contribution is 2.25. The molecule has 2 atom stereocenters. The van der Waals surface area contributed by atoms with E-state index in [4.69, 9.17) is 4.42 Å². The maximum atomic E-state index is 12.5. The molecule has 0 aliphatic carbocycles. The standard InChI is InChI=1S/C19H30F3N5O/c1-23-18(24-11-15-6-9-26(13-15)14-19(20,21)22)25-12-16(17-5-4-10-28-17)27-7-2-3-8-27/h4-5,10,15-16H,2-3,6-9,11-14H2,1H3,(H2,23,24,25). The molecule has 1 aromatic heterocycles. The van der Waals surface area contributed by atoms with Crippen molar-refractivity contribution in [1.82, 2.24) is 20.4 Å². The first-order chi connectivity index (χ1) is 13.4. The van der Waals surface area contributed by atoms with E-state index < -0.39 is 12.7 Å². The third-order valence-corrected chi connectivity index (χ3v) is 5.47. The topological polar surface area (TPSA) is 56.0 Å². The second-order valence-electron chi connectivity index (χ2n) is 7.61. The molecule has 0 radical (unpaired) electrons. The summed E-state index contributed by atoms with van der Waals surface area (Å²) in [6.45, 7) is 3.52. The van der Waals surface area contributed by atoms with E-state index in [1.165, 1.54) is 17.7 Å². The van der Waals surface area contributed by atoms with Crippen LogP contribution in [0.5, 0.6) is 0 Å². The highest BCUT2D eigenvalue weighted by Gasteiger charge is 2.34. The monoisotopic (exact) mass is 401 g/mol. The van der Waals surface area contributed by atoms with E-state index in [2.05, 4.69) is 20.5 Å². The Morgan fingerprint density at radius 2 is 2.07 bits per heavy atom. The lowest BCUT2D eigenvalue weighted by Crippen LogP contribution is -2.44. The molecule has 2 N–H and O–H groups in total. The predicted molar refractivity (Wildman–Crippen MR) is 102 cm³/mol. The van der Waals surface area contributed by atoms with Gasteiger partial charge >= 0.3 is 6.18 Å². The SMILES string of the molecule is CN=C(NCC1CCN(CC(F)(F)F)C1)NCC(c1ccco1)N1CCCC1. The van der Waals surface area contributed by atoms with Crippen LogP contribution in [0.15, 0.2) is 27.8 Å². The van der Waals surface area contributed by atoms with Crippen molar-refractivity contribution in [3.8, 4) is 0 Å². The Balaban J connectivity index is 1.45. The molecule has 3 rings (SSSR count). The fourth-order valence-electron chi connectivity index (χ4n) is 4.08. The first-order valence-corrected chi connectivity index (χ1v) is 9.95. The van der Waals surface area contributed by atoms with Crippen molar-refractivity contribution in [3.05, 3.63) is 24.2 Å². The fraction of sp³-hybridized carbons (Fsp3) is 0.737. The molecule has 9 heteroatoms. The van der Waals surface area contributed by atoms with E-state index >= 15 is 0 Å². The third-order valence-electron chi connectivity index (χ3n) is 5.47. The highest BCUT2D eigenvalue weighted by molar-refractivity contribution is 5.79. The Morgan fingerprint density at radius 1 is 1.29 bits per heavy atom. The zero-order chi connectivity index (χ0) is 20.0. The van der Waals surface area contributed by atoms with Gasteiger partial charge in [-0.1, -0.05) is 0 Å². The molecule has 2 saturated heterocycles. The lowest BCUT2D eigenvalue weighted by Gasteiger charge is -2.27. The minimum absolute atomic E-state index is 0.143. The van der Waals surface area contributed by atoms with Crippen LogP contribution in [-0.4, -0.2) is 74.8 Å². The summed E-state index contributed by atoms with van der Waals surface area (Å²) in [5.41, 5.74) is 0. The number of rotatable bonds is 7. The number of hydrogen-bond acceptors (Lipinski definition) is 4. The first-order valence-electron chi connectivity index (χ1n) is 9.95. The first kappa shape index (κ1) is 21.0. The van der Waals surface area contributed by atoms with Crippen molar-refractivity contribution >= 4 is 5.96 Å². The highest BCUT2D eigenvalue weighted by atomic mass is 19.4. The number of aliphatic imine (C=N–C) groups is 1. The average Bonchev–Trinajstić information content (AvgIpc) is 3.39. The van der Waals surface area contributed by atoms with Crippen molar-refractivity contribution < 1.29 is 17.6 Å². The van der Waals surface area contributed by atoms with Crippen LogP contribution >= 0.6 is 0 Å². The van der Waals surface area contributed by atoms with E-state index in [1.54, 1.807) is 13.3 Å². The van der Waals surface area contributed by atoms with Gasteiger partial charge in [0.2, 0.25) is 0 Å². The molecule has 0 saturated carbocycles. The zero-order valence-corrected chi connectivity index (χ0v) is 16.3. The molecule has 6 nitrogen and oxygen atoms in total. The molecule has 0 spiro atoms. The zero-order valence-electron chi connectivity index (χ0n) is 16.3. The summed E-state index contributed by atoms with van der Waals surface area (Å²) in [6, 6.07) is 4.04. The normalized spacial score (nSPS) is 23.3. The van der Waals surface area contributed by atoms with Crippen molar-refractivity contribution in [1.29, 1.82) is 0 Å². The minimum atomic E-state index is -4.13. The Labute approximate surface area is 164 Å². The van der Waals surface area contributed by atoms with Gasteiger partial charge < -0.3 is 15.1 Å². The molecule has 2 aliphatic heterocycles. The van der Waals surface area contributed by atoms with E-state index in [0.717, 1.165) is 25.3 Å². The van der Waals surface area contributed by atoms with Gasteiger partial charge in [0.1, 0.15) is 5.76 Å². The lowest BCUT2D eigenvalue weighted by molar-refractivity contribution is -0.143. The number of nitrogens with zero attached hydrogens (tertiary/aromatic N) is 3. The van der Waals surface area contributed by atoms with E-state index in [9.17, 15) is 13.2 Å². The number of guanidine groups is 1. The quantitative estimate of drug-likeness (QED) is 0.543. The van der Waals surface area contributed by atoms with E-state index in [-0.39, 0.29) is 12.0 Å². The Bertz CT molecular complexity index is 614. The fourth-order valence-corrected chi connectivity index (χ4v) is 4.08. The van der Waals surface area contributed by atoms with Gasteiger partial charge in [-0.15, -0.1) is 0 Å². The van der Waals surface area contributed by atoms with Crippen LogP contribution in [0, 0.1) is 5.92 Å². The van der Waals surface area contributed by atoms with E-state index in [0.29, 0.717) is 32.1 Å². The molecule has 2 aliphatic rings. The van der Waals surface area contributed by atoms with Crippen LogP contribution in [-0.2, 0) is 0 Å². The molecule has 0 amide bonds. The van der Waals surface area contributed by atoms with Gasteiger partial charge in [-0.05, 0) is 56.9 Å². The Hall–Kier alpha value is -1.74. The number of hydrogen-bond donors (Lipinski definition) is 2. The number of nitrogens with one attached hydrogen (secondary N) is 2. The van der Waals surface area contributed by atoms with Gasteiger partial charge in [0.15, 0.2) is 5.96 Å². The predicted octanol–water partition coefficient (Wildman–Crippen LogP) is 2.47. The second-order valence-corrected chi connectivity index (χ2v) is 7.61. The van der Waals surface area contributed by atoms with Crippen molar-refractivity contribution in [2.45, 2.75) is 31.5 Å².